The maximum absolute atomic E-state index is 12.8. The molecule has 0 fully saturated rings. The number of hydrogen-bond donors (Lipinski definition) is 1. The van der Waals surface area contributed by atoms with E-state index in [1.54, 1.807) is 12.3 Å². The number of aromatic nitrogens is 1. The van der Waals surface area contributed by atoms with Crippen LogP contribution in [0.4, 0.5) is 0 Å². The molecule has 0 atom stereocenters. The van der Waals surface area contributed by atoms with Crippen LogP contribution < -0.4 is 15.7 Å². The highest BCUT2D eigenvalue weighted by molar-refractivity contribution is 5.94. The molecule has 0 radical (unpaired) electrons. The first-order valence-corrected chi connectivity index (χ1v) is 10.9. The van der Waals surface area contributed by atoms with Gasteiger partial charge in [0.1, 0.15) is 17.9 Å². The fraction of sp³-hybridized carbons (Fsp3) is 0.107. The predicted octanol–water partition coefficient (Wildman–Crippen LogP) is 4.55. The van der Waals surface area contributed by atoms with Gasteiger partial charge in [-0.05, 0) is 42.3 Å². The average molecular weight is 452 g/mol. The molecule has 1 aromatic heterocycles. The first kappa shape index (κ1) is 22.7. The number of benzene rings is 3. The van der Waals surface area contributed by atoms with E-state index < -0.39 is 5.91 Å². The number of carbonyl (C=O) groups excluding carboxylic acids is 1. The molecule has 1 heterocycles. The third kappa shape index (κ3) is 5.86. The van der Waals surface area contributed by atoms with Gasteiger partial charge in [0.05, 0.1) is 12.8 Å². The van der Waals surface area contributed by atoms with E-state index in [0.29, 0.717) is 24.5 Å². The average Bonchev–Trinajstić information content (AvgIpc) is 2.86. The summed E-state index contributed by atoms with van der Waals surface area (Å²) < 4.78 is 7.44. The minimum absolute atomic E-state index is 0.0273. The Balaban J connectivity index is 1.42. The number of hydrazone groups is 1. The van der Waals surface area contributed by atoms with Crippen molar-refractivity contribution < 1.29 is 9.53 Å². The molecule has 0 aliphatic carbocycles. The molecule has 170 valence electrons. The van der Waals surface area contributed by atoms with Gasteiger partial charge in [0, 0.05) is 11.8 Å². The van der Waals surface area contributed by atoms with Gasteiger partial charge in [-0.3, -0.25) is 9.59 Å². The van der Waals surface area contributed by atoms with Crippen molar-refractivity contribution in [3.05, 3.63) is 135 Å². The highest BCUT2D eigenvalue weighted by Crippen LogP contribution is 2.18. The lowest BCUT2D eigenvalue weighted by atomic mass is 10.1. The number of rotatable bonds is 8. The number of ether oxygens (including phenoxy) is 1. The number of amides is 1. The molecule has 4 aromatic rings. The van der Waals surface area contributed by atoms with Gasteiger partial charge >= 0.3 is 0 Å². The highest BCUT2D eigenvalue weighted by Gasteiger charge is 2.12. The molecule has 0 saturated carbocycles. The van der Waals surface area contributed by atoms with Crippen molar-refractivity contribution in [3.63, 3.8) is 0 Å². The van der Waals surface area contributed by atoms with E-state index >= 15 is 0 Å². The van der Waals surface area contributed by atoms with Crippen LogP contribution in [0, 0.1) is 6.92 Å². The lowest BCUT2D eigenvalue weighted by molar-refractivity contribution is 0.0953. The third-order valence-corrected chi connectivity index (χ3v) is 5.26. The largest absolute Gasteiger partial charge is 0.488 e. The van der Waals surface area contributed by atoms with Gasteiger partial charge in [0.15, 0.2) is 0 Å². The van der Waals surface area contributed by atoms with Crippen LogP contribution >= 0.6 is 0 Å². The van der Waals surface area contributed by atoms with Crippen LogP contribution in [0.1, 0.15) is 32.6 Å². The Labute approximate surface area is 198 Å². The van der Waals surface area contributed by atoms with Gasteiger partial charge in [-0.2, -0.15) is 5.10 Å². The molecule has 0 bridgehead atoms. The summed E-state index contributed by atoms with van der Waals surface area (Å²) in [5.74, 6) is 0.0766. The van der Waals surface area contributed by atoms with Crippen molar-refractivity contribution in [2.75, 3.05) is 0 Å². The van der Waals surface area contributed by atoms with Gasteiger partial charge in [-0.25, -0.2) is 5.43 Å². The lowest BCUT2D eigenvalue weighted by Gasteiger charge is -2.09. The molecule has 6 heteroatoms. The number of aryl methyl sites for hydroxylation is 1. The van der Waals surface area contributed by atoms with Crippen molar-refractivity contribution in [3.8, 4) is 5.75 Å². The molecule has 1 N–H and O–H groups in total. The van der Waals surface area contributed by atoms with E-state index in [0.717, 1.165) is 11.1 Å². The topological polar surface area (TPSA) is 72.7 Å². The van der Waals surface area contributed by atoms with Crippen LogP contribution in [-0.4, -0.2) is 16.7 Å². The van der Waals surface area contributed by atoms with Gasteiger partial charge in [0.2, 0.25) is 0 Å². The minimum Gasteiger partial charge on any atom is -0.488 e. The second-order valence-electron chi connectivity index (χ2n) is 7.85. The second-order valence-corrected chi connectivity index (χ2v) is 7.85. The molecule has 0 saturated heterocycles. The number of nitrogens with one attached hydrogen (secondary N) is 1. The summed E-state index contributed by atoms with van der Waals surface area (Å²) in [7, 11) is 0. The molecule has 3 aromatic carbocycles. The first-order chi connectivity index (χ1) is 16.6. The van der Waals surface area contributed by atoms with Crippen LogP contribution in [0.2, 0.25) is 0 Å². The zero-order chi connectivity index (χ0) is 23.8. The number of pyridine rings is 1. The zero-order valence-corrected chi connectivity index (χ0v) is 18.8. The zero-order valence-electron chi connectivity index (χ0n) is 18.8. The number of hydrogen-bond acceptors (Lipinski definition) is 4. The fourth-order valence-electron chi connectivity index (χ4n) is 3.40. The second kappa shape index (κ2) is 10.9. The molecule has 34 heavy (non-hydrogen) atoms. The summed E-state index contributed by atoms with van der Waals surface area (Å²) in [6, 6.07) is 28.3. The fourth-order valence-corrected chi connectivity index (χ4v) is 3.40. The Morgan fingerprint density at radius 3 is 2.44 bits per heavy atom. The van der Waals surface area contributed by atoms with E-state index in [2.05, 4.69) is 10.5 Å². The van der Waals surface area contributed by atoms with Crippen molar-refractivity contribution in [2.24, 2.45) is 5.10 Å². The normalized spacial score (nSPS) is 10.9. The van der Waals surface area contributed by atoms with E-state index in [1.165, 1.54) is 22.4 Å². The number of para-hydroxylation sites is 1. The Kier molecular flexibility index (Phi) is 7.30. The van der Waals surface area contributed by atoms with Gasteiger partial charge in [-0.15, -0.1) is 0 Å². The summed E-state index contributed by atoms with van der Waals surface area (Å²) >= 11 is 0. The summed E-state index contributed by atoms with van der Waals surface area (Å²) in [6.45, 7) is 2.84. The Hall–Kier alpha value is -4.45. The quantitative estimate of drug-likeness (QED) is 0.316. The third-order valence-electron chi connectivity index (χ3n) is 5.26. The SMILES string of the molecule is Cc1ccc(COc2ccccc2/C=N\NC(=O)c2cccn(Cc3ccccc3)c2=O)cc1. The molecule has 0 aliphatic rings. The molecule has 4 rings (SSSR count). The standard InChI is InChI=1S/C28H25N3O3/c1-21-13-15-23(16-14-21)20-34-26-12-6-5-10-24(26)18-29-30-27(32)25-11-7-17-31(28(25)33)19-22-8-3-2-4-9-22/h2-18H,19-20H2,1H3,(H,30,32)/b29-18-. The van der Waals surface area contributed by atoms with Crippen LogP contribution in [0.5, 0.6) is 5.75 Å². The van der Waals surface area contributed by atoms with E-state index in [4.69, 9.17) is 4.74 Å². The summed E-state index contributed by atoms with van der Waals surface area (Å²) in [5.41, 5.74) is 6.04. The predicted molar refractivity (Wildman–Crippen MR) is 133 cm³/mol. The van der Waals surface area contributed by atoms with Crippen molar-refractivity contribution in [1.82, 2.24) is 9.99 Å². The molecule has 0 spiro atoms. The van der Waals surface area contributed by atoms with Gasteiger partial charge in [0.25, 0.3) is 11.5 Å². The molecule has 0 unspecified atom stereocenters. The monoisotopic (exact) mass is 451 g/mol. The summed E-state index contributed by atoms with van der Waals surface area (Å²) in [6.07, 6.45) is 3.17. The molecular formula is C28H25N3O3. The van der Waals surface area contributed by atoms with E-state index in [1.807, 2.05) is 85.8 Å². The van der Waals surface area contributed by atoms with Crippen LogP contribution in [0.15, 0.2) is 107 Å². The van der Waals surface area contributed by atoms with E-state index in [-0.39, 0.29) is 11.1 Å². The molecule has 1 amide bonds. The van der Waals surface area contributed by atoms with Gasteiger partial charge in [-0.1, -0.05) is 72.3 Å². The van der Waals surface area contributed by atoms with Gasteiger partial charge < -0.3 is 9.30 Å². The smallest absolute Gasteiger partial charge is 0.276 e. The van der Waals surface area contributed by atoms with E-state index in [9.17, 15) is 9.59 Å². The summed E-state index contributed by atoms with van der Waals surface area (Å²) in [5, 5.41) is 4.05. The van der Waals surface area contributed by atoms with Crippen molar-refractivity contribution in [2.45, 2.75) is 20.1 Å². The van der Waals surface area contributed by atoms with Crippen LogP contribution in [0.25, 0.3) is 0 Å². The minimum atomic E-state index is -0.568. The van der Waals surface area contributed by atoms with Crippen LogP contribution in [-0.2, 0) is 13.2 Å². The Morgan fingerprint density at radius 1 is 0.912 bits per heavy atom. The Morgan fingerprint density at radius 2 is 1.65 bits per heavy atom. The van der Waals surface area contributed by atoms with Crippen molar-refractivity contribution in [1.29, 1.82) is 0 Å². The lowest BCUT2D eigenvalue weighted by Crippen LogP contribution is -2.30. The number of carbonyl (C=O) groups is 1. The van der Waals surface area contributed by atoms with Crippen LogP contribution in [0.3, 0.4) is 0 Å². The first-order valence-electron chi connectivity index (χ1n) is 10.9. The highest BCUT2D eigenvalue weighted by atomic mass is 16.5. The molecule has 0 aliphatic heterocycles. The number of nitrogens with zero attached hydrogens (tertiary/aromatic N) is 2. The summed E-state index contributed by atoms with van der Waals surface area (Å²) in [4.78, 5) is 25.4. The Bertz CT molecular complexity index is 1340. The molecular weight excluding hydrogens is 426 g/mol. The maximum Gasteiger partial charge on any atom is 0.276 e. The maximum atomic E-state index is 12.8. The van der Waals surface area contributed by atoms with Crippen molar-refractivity contribution >= 4 is 12.1 Å². The molecule has 6 nitrogen and oxygen atoms in total.